The molecule has 1 aromatic heterocycles. The smallest absolute Gasteiger partial charge is 0.267 e. The Labute approximate surface area is 138 Å². The summed E-state index contributed by atoms with van der Waals surface area (Å²) >= 11 is 1.55. The summed E-state index contributed by atoms with van der Waals surface area (Å²) < 4.78 is 1.61. The van der Waals surface area contributed by atoms with Gasteiger partial charge in [-0.3, -0.25) is 14.2 Å². The lowest BCUT2D eigenvalue weighted by atomic mass is 9.96. The van der Waals surface area contributed by atoms with Crippen LogP contribution in [0.1, 0.15) is 29.3 Å². The highest BCUT2D eigenvalue weighted by atomic mass is 32.2. The van der Waals surface area contributed by atoms with Gasteiger partial charge in [0.25, 0.3) is 11.5 Å². The predicted molar refractivity (Wildman–Crippen MR) is 90.3 cm³/mol. The number of nitrogens with zero attached hydrogens (tertiary/aromatic N) is 3. The zero-order valence-electron chi connectivity index (χ0n) is 12.9. The van der Waals surface area contributed by atoms with Gasteiger partial charge in [-0.1, -0.05) is 30.0 Å². The van der Waals surface area contributed by atoms with Gasteiger partial charge >= 0.3 is 0 Å². The third-order valence-corrected chi connectivity index (χ3v) is 5.50. The Morgan fingerprint density at radius 3 is 3.04 bits per heavy atom. The molecule has 1 amide bonds. The average Bonchev–Trinajstić information content (AvgIpc) is 3.04. The van der Waals surface area contributed by atoms with Gasteiger partial charge in [0.2, 0.25) is 0 Å². The first-order chi connectivity index (χ1) is 11.2. The lowest BCUT2D eigenvalue weighted by Gasteiger charge is -2.35. The maximum Gasteiger partial charge on any atom is 0.267 e. The normalized spacial score (nSPS) is 19.3. The van der Waals surface area contributed by atoms with E-state index in [1.807, 2.05) is 31.2 Å². The molecule has 1 atom stereocenters. The second-order valence-electron chi connectivity index (χ2n) is 5.95. The Bertz CT molecular complexity index is 846. The first kappa shape index (κ1) is 14.5. The van der Waals surface area contributed by atoms with Gasteiger partial charge in [-0.15, -0.1) is 0 Å². The van der Waals surface area contributed by atoms with E-state index in [0.29, 0.717) is 11.7 Å². The molecule has 0 aliphatic carbocycles. The highest BCUT2D eigenvalue weighted by molar-refractivity contribution is 7.99. The molecule has 0 saturated carbocycles. The number of amides is 1. The van der Waals surface area contributed by atoms with E-state index in [9.17, 15) is 9.59 Å². The van der Waals surface area contributed by atoms with Crippen LogP contribution in [-0.2, 0) is 13.0 Å². The number of para-hydroxylation sites is 1. The molecule has 3 heterocycles. The summed E-state index contributed by atoms with van der Waals surface area (Å²) in [7, 11) is 0. The van der Waals surface area contributed by atoms with Crippen molar-refractivity contribution in [2.75, 3.05) is 10.7 Å². The van der Waals surface area contributed by atoms with Crippen LogP contribution in [0.5, 0.6) is 0 Å². The molecule has 1 aromatic carbocycles. The Morgan fingerprint density at radius 2 is 2.17 bits per heavy atom. The Balaban J connectivity index is 1.80. The highest BCUT2D eigenvalue weighted by Gasteiger charge is 2.31. The summed E-state index contributed by atoms with van der Waals surface area (Å²) in [5, 5.41) is 0.707. The fourth-order valence-corrected chi connectivity index (χ4v) is 4.21. The second kappa shape index (κ2) is 5.53. The fourth-order valence-electron chi connectivity index (χ4n) is 3.29. The second-order valence-corrected chi connectivity index (χ2v) is 7.01. The third-order valence-electron chi connectivity index (χ3n) is 4.53. The van der Waals surface area contributed by atoms with Crippen molar-refractivity contribution in [3.63, 3.8) is 0 Å². The Hall–Kier alpha value is -2.08. The Morgan fingerprint density at radius 1 is 1.35 bits per heavy atom. The number of anilines is 1. The van der Waals surface area contributed by atoms with Gasteiger partial charge in [0.05, 0.1) is 0 Å². The van der Waals surface area contributed by atoms with Gasteiger partial charge in [0, 0.05) is 30.2 Å². The van der Waals surface area contributed by atoms with Crippen LogP contribution in [0.15, 0.2) is 40.4 Å². The van der Waals surface area contributed by atoms with Crippen molar-refractivity contribution in [3.05, 3.63) is 51.9 Å². The van der Waals surface area contributed by atoms with Crippen LogP contribution in [0, 0.1) is 0 Å². The summed E-state index contributed by atoms with van der Waals surface area (Å²) in [5.41, 5.74) is 2.01. The van der Waals surface area contributed by atoms with E-state index in [1.165, 1.54) is 6.20 Å². The lowest BCUT2D eigenvalue weighted by Crippen LogP contribution is -2.44. The summed E-state index contributed by atoms with van der Waals surface area (Å²) in [5.74, 6) is 0.595. The minimum Gasteiger partial charge on any atom is -0.305 e. The van der Waals surface area contributed by atoms with Crippen molar-refractivity contribution in [2.24, 2.45) is 0 Å². The third kappa shape index (κ3) is 2.28. The summed E-state index contributed by atoms with van der Waals surface area (Å²) in [6.07, 6.45) is 3.30. The van der Waals surface area contributed by atoms with E-state index in [2.05, 4.69) is 4.98 Å². The topological polar surface area (TPSA) is 55.2 Å². The zero-order valence-corrected chi connectivity index (χ0v) is 13.7. The highest BCUT2D eigenvalue weighted by Crippen LogP contribution is 2.31. The van der Waals surface area contributed by atoms with Gasteiger partial charge in [0.1, 0.15) is 5.56 Å². The van der Waals surface area contributed by atoms with Crippen LogP contribution in [-0.4, -0.2) is 27.3 Å². The van der Waals surface area contributed by atoms with Crippen LogP contribution < -0.4 is 10.5 Å². The van der Waals surface area contributed by atoms with Gasteiger partial charge in [-0.2, -0.15) is 0 Å². The van der Waals surface area contributed by atoms with Crippen molar-refractivity contribution in [1.29, 1.82) is 0 Å². The van der Waals surface area contributed by atoms with Gasteiger partial charge in [-0.25, -0.2) is 4.98 Å². The van der Waals surface area contributed by atoms with Gasteiger partial charge < -0.3 is 4.90 Å². The van der Waals surface area contributed by atoms with Crippen molar-refractivity contribution in [3.8, 4) is 0 Å². The van der Waals surface area contributed by atoms with Crippen molar-refractivity contribution >= 4 is 23.4 Å². The fraction of sp³-hybridized carbons (Fsp3) is 0.353. The molecule has 0 N–H and O–H groups in total. The number of aromatic nitrogens is 2. The molecule has 2 aliphatic heterocycles. The molecule has 2 aliphatic rings. The number of benzene rings is 1. The molecule has 5 nitrogen and oxygen atoms in total. The average molecular weight is 327 g/mol. The lowest BCUT2D eigenvalue weighted by molar-refractivity contribution is 0.0972. The monoisotopic (exact) mass is 327 g/mol. The van der Waals surface area contributed by atoms with E-state index in [-0.39, 0.29) is 23.1 Å². The van der Waals surface area contributed by atoms with Crippen molar-refractivity contribution in [1.82, 2.24) is 9.55 Å². The summed E-state index contributed by atoms with van der Waals surface area (Å²) in [6.45, 7) is 2.65. The van der Waals surface area contributed by atoms with Crippen LogP contribution in [0.3, 0.4) is 0 Å². The van der Waals surface area contributed by atoms with E-state index < -0.39 is 0 Å². The number of aryl methyl sites for hydroxylation is 1. The van der Waals surface area contributed by atoms with Gasteiger partial charge in [-0.05, 0) is 31.4 Å². The number of fused-ring (bicyclic) bond motifs is 2. The number of hydrogen-bond donors (Lipinski definition) is 0. The minimum absolute atomic E-state index is 0.0735. The van der Waals surface area contributed by atoms with Gasteiger partial charge in [0.15, 0.2) is 5.16 Å². The molecule has 0 bridgehead atoms. The van der Waals surface area contributed by atoms with E-state index >= 15 is 0 Å². The first-order valence-corrected chi connectivity index (χ1v) is 8.79. The number of carbonyl (C=O) groups is 1. The molecule has 0 fully saturated rings. The Kier molecular flexibility index (Phi) is 3.49. The quantitative estimate of drug-likeness (QED) is 0.755. The van der Waals surface area contributed by atoms with E-state index in [0.717, 1.165) is 29.8 Å². The molecule has 4 rings (SSSR count). The summed E-state index contributed by atoms with van der Waals surface area (Å²) in [6, 6.07) is 8.00. The molecule has 0 saturated heterocycles. The van der Waals surface area contributed by atoms with Crippen LogP contribution in [0.4, 0.5) is 5.69 Å². The molecular weight excluding hydrogens is 310 g/mol. The standard InChI is InChI=1S/C17H17N3O2S/c1-11-6-7-12-4-2-3-5-14(12)20(11)16(22)13-10-18-17-19(15(13)21)8-9-23-17/h2-5,10-11H,6-9H2,1H3/t11-/m1/s1. The molecule has 0 radical (unpaired) electrons. The number of hydrogen-bond acceptors (Lipinski definition) is 4. The van der Waals surface area contributed by atoms with E-state index in [1.54, 1.807) is 21.2 Å². The van der Waals surface area contributed by atoms with Crippen LogP contribution in [0.2, 0.25) is 0 Å². The largest absolute Gasteiger partial charge is 0.305 e. The molecular formula is C17H17N3O2S. The maximum absolute atomic E-state index is 13.1. The molecule has 0 unspecified atom stereocenters. The first-order valence-electron chi connectivity index (χ1n) is 7.81. The molecule has 6 heteroatoms. The number of thioether (sulfide) groups is 1. The van der Waals surface area contributed by atoms with Crippen molar-refractivity contribution < 1.29 is 4.79 Å². The minimum atomic E-state index is -0.241. The van der Waals surface area contributed by atoms with Crippen LogP contribution in [0.25, 0.3) is 0 Å². The summed E-state index contributed by atoms with van der Waals surface area (Å²) in [4.78, 5) is 31.7. The molecule has 118 valence electrons. The number of carbonyl (C=O) groups excluding carboxylic acids is 1. The van der Waals surface area contributed by atoms with E-state index in [4.69, 9.17) is 0 Å². The molecule has 2 aromatic rings. The van der Waals surface area contributed by atoms with Crippen molar-refractivity contribution in [2.45, 2.75) is 37.5 Å². The maximum atomic E-state index is 13.1. The zero-order chi connectivity index (χ0) is 16.0. The van der Waals surface area contributed by atoms with Crippen LogP contribution >= 0.6 is 11.8 Å². The SMILES string of the molecule is C[C@@H]1CCc2ccccc2N1C(=O)c1cnc2n(c1=O)CCS2. The molecule has 0 spiro atoms. The number of rotatable bonds is 1. The predicted octanol–water partition coefficient (Wildman–Crippen LogP) is 2.33. The molecule has 23 heavy (non-hydrogen) atoms.